The van der Waals surface area contributed by atoms with Crippen LogP contribution in [0.4, 0.5) is 0 Å². The molecule has 1 N–H and O–H groups in total. The van der Waals surface area contributed by atoms with Crippen molar-refractivity contribution in [3.63, 3.8) is 0 Å². The predicted octanol–water partition coefficient (Wildman–Crippen LogP) is 2.87. The molecule has 2 unspecified atom stereocenters. The van der Waals surface area contributed by atoms with Gasteiger partial charge in [-0.1, -0.05) is 34.6 Å². The Morgan fingerprint density at radius 2 is 2.10 bits per heavy atom. The molecule has 0 radical (unpaired) electrons. The Balaban J connectivity index is 1.98. The number of rotatable bonds is 5. The van der Waals surface area contributed by atoms with E-state index in [0.29, 0.717) is 24.7 Å². The summed E-state index contributed by atoms with van der Waals surface area (Å²) >= 11 is 0. The minimum absolute atomic E-state index is 0.0188. The molecule has 0 aliphatic heterocycles. The summed E-state index contributed by atoms with van der Waals surface area (Å²) in [7, 11) is 0. The van der Waals surface area contributed by atoms with E-state index in [-0.39, 0.29) is 11.3 Å². The fraction of sp³-hybridized carbons (Fsp3) is 0.875. The highest BCUT2D eigenvalue weighted by Gasteiger charge is 2.64. The number of fused-ring (bicyclic) bond motifs is 2. The van der Waals surface area contributed by atoms with Crippen LogP contribution < -0.4 is 5.48 Å². The molecule has 2 aliphatic rings. The second-order valence-corrected chi connectivity index (χ2v) is 7.62. The molecule has 1 amide bonds. The molecule has 0 spiro atoms. The van der Waals surface area contributed by atoms with E-state index in [1.165, 1.54) is 0 Å². The lowest BCUT2D eigenvalue weighted by Crippen LogP contribution is -2.44. The summed E-state index contributed by atoms with van der Waals surface area (Å²) in [5.74, 6) is 0.665. The third kappa shape index (κ3) is 2.09. The smallest absolute Gasteiger partial charge is 0.249 e. The first-order chi connectivity index (χ1) is 9.17. The number of nitrogens with one attached hydrogen (secondary N) is 1. The van der Waals surface area contributed by atoms with Crippen molar-refractivity contribution in [1.82, 2.24) is 5.48 Å². The number of hydroxylamine groups is 1. The summed E-state index contributed by atoms with van der Waals surface area (Å²) in [5.41, 5.74) is 1.69. The molecule has 4 nitrogen and oxygen atoms in total. The van der Waals surface area contributed by atoms with Gasteiger partial charge in [0.25, 0.3) is 0 Å². The van der Waals surface area contributed by atoms with Gasteiger partial charge >= 0.3 is 0 Å². The first-order valence-electron chi connectivity index (χ1n) is 7.63. The van der Waals surface area contributed by atoms with Crippen LogP contribution in [0.25, 0.3) is 0 Å². The van der Waals surface area contributed by atoms with Crippen molar-refractivity contribution in [1.29, 1.82) is 0 Å². The van der Waals surface area contributed by atoms with Crippen LogP contribution in [0.3, 0.4) is 0 Å². The number of hydrogen-bond acceptors (Lipinski definition) is 3. The molecule has 114 valence electrons. The van der Waals surface area contributed by atoms with Crippen molar-refractivity contribution in [2.45, 2.75) is 60.3 Å². The second-order valence-electron chi connectivity index (χ2n) is 7.62. The fourth-order valence-corrected chi connectivity index (χ4v) is 3.63. The first-order valence-corrected chi connectivity index (χ1v) is 7.63. The first kappa shape index (κ1) is 15.5. The summed E-state index contributed by atoms with van der Waals surface area (Å²) in [6.07, 6.45) is 3.40. The molecule has 4 heteroatoms. The van der Waals surface area contributed by atoms with Crippen LogP contribution in [-0.4, -0.2) is 18.3 Å². The van der Waals surface area contributed by atoms with Crippen LogP contribution >= 0.6 is 0 Å². The lowest BCUT2D eigenvalue weighted by molar-refractivity contribution is -0.152. The summed E-state index contributed by atoms with van der Waals surface area (Å²) in [6, 6.07) is 0. The highest BCUT2D eigenvalue weighted by molar-refractivity contribution is 5.90. The highest BCUT2D eigenvalue weighted by atomic mass is 16.7. The van der Waals surface area contributed by atoms with Gasteiger partial charge in [-0.3, -0.25) is 14.4 Å². The van der Waals surface area contributed by atoms with E-state index in [1.807, 2.05) is 20.8 Å². The van der Waals surface area contributed by atoms with Crippen molar-refractivity contribution in [2.24, 2.45) is 22.2 Å². The topological polar surface area (TPSA) is 55.4 Å². The molecule has 2 aliphatic carbocycles. The van der Waals surface area contributed by atoms with Gasteiger partial charge in [0.05, 0.1) is 12.0 Å². The Labute approximate surface area is 121 Å². The Hall–Kier alpha value is -0.900. The molecular weight excluding hydrogens is 254 g/mol. The van der Waals surface area contributed by atoms with Gasteiger partial charge in [-0.05, 0) is 30.6 Å². The van der Waals surface area contributed by atoms with Gasteiger partial charge in [0.15, 0.2) is 0 Å². The third-order valence-electron chi connectivity index (χ3n) is 6.12. The largest absolute Gasteiger partial charge is 0.299 e. The lowest BCUT2D eigenvalue weighted by Gasteiger charge is -2.36. The molecule has 2 fully saturated rings. The fourth-order valence-electron chi connectivity index (χ4n) is 3.63. The monoisotopic (exact) mass is 281 g/mol. The molecule has 0 aromatic carbocycles. The normalized spacial score (nSPS) is 31.6. The average molecular weight is 281 g/mol. The van der Waals surface area contributed by atoms with E-state index in [4.69, 9.17) is 4.84 Å². The molecular formula is C16H27NO3. The SMILES string of the molecule is CCC(C)(C)C(=O)NOCC12CCC(CC1=O)C2(C)C. The zero-order valence-corrected chi connectivity index (χ0v) is 13.3. The van der Waals surface area contributed by atoms with E-state index in [0.717, 1.165) is 19.3 Å². The number of hydrogen-bond donors (Lipinski definition) is 1. The second kappa shape index (κ2) is 4.83. The van der Waals surface area contributed by atoms with Gasteiger partial charge < -0.3 is 0 Å². The van der Waals surface area contributed by atoms with Gasteiger partial charge in [-0.15, -0.1) is 0 Å². The van der Waals surface area contributed by atoms with Crippen LogP contribution in [0.5, 0.6) is 0 Å². The molecule has 0 heterocycles. The molecule has 0 saturated heterocycles. The molecule has 0 aromatic rings. The number of carbonyl (C=O) groups excluding carboxylic acids is 2. The highest BCUT2D eigenvalue weighted by Crippen LogP contribution is 2.63. The van der Waals surface area contributed by atoms with Crippen molar-refractivity contribution in [2.75, 3.05) is 6.61 Å². The standard InChI is InChI=1S/C16H27NO3/c1-6-14(2,3)13(19)17-20-10-16-8-7-11(9-12(16)18)15(16,4)5/h11H,6-10H2,1-5H3,(H,17,19). The van der Waals surface area contributed by atoms with Crippen molar-refractivity contribution < 1.29 is 14.4 Å². The van der Waals surface area contributed by atoms with E-state index in [9.17, 15) is 9.59 Å². The van der Waals surface area contributed by atoms with Gasteiger partial charge in [0.1, 0.15) is 5.78 Å². The van der Waals surface area contributed by atoms with Crippen LogP contribution in [0.2, 0.25) is 0 Å². The minimum atomic E-state index is -0.439. The zero-order valence-electron chi connectivity index (χ0n) is 13.3. The molecule has 2 rings (SSSR count). The van der Waals surface area contributed by atoms with Crippen molar-refractivity contribution in [3.05, 3.63) is 0 Å². The van der Waals surface area contributed by atoms with Crippen molar-refractivity contribution in [3.8, 4) is 0 Å². The van der Waals surface area contributed by atoms with Gasteiger partial charge in [-0.2, -0.15) is 0 Å². The zero-order chi connectivity index (χ0) is 15.2. The summed E-state index contributed by atoms with van der Waals surface area (Å²) in [5, 5.41) is 0. The Kier molecular flexibility index (Phi) is 3.74. The molecule has 20 heavy (non-hydrogen) atoms. The number of amides is 1. The maximum absolute atomic E-state index is 12.3. The number of carbonyl (C=O) groups is 2. The van der Waals surface area contributed by atoms with Crippen LogP contribution in [0, 0.1) is 22.2 Å². The average Bonchev–Trinajstić information content (AvgIpc) is 2.72. The molecule has 2 saturated carbocycles. The maximum Gasteiger partial charge on any atom is 0.249 e. The van der Waals surface area contributed by atoms with Gasteiger partial charge in [-0.25, -0.2) is 5.48 Å². The summed E-state index contributed by atoms with van der Waals surface area (Å²) in [4.78, 5) is 29.8. The predicted molar refractivity (Wildman–Crippen MR) is 76.7 cm³/mol. The molecule has 0 aromatic heterocycles. The third-order valence-corrected chi connectivity index (χ3v) is 6.12. The van der Waals surface area contributed by atoms with E-state index >= 15 is 0 Å². The lowest BCUT2D eigenvalue weighted by atomic mass is 9.69. The quantitative estimate of drug-likeness (QED) is 0.788. The van der Waals surface area contributed by atoms with E-state index in [2.05, 4.69) is 19.3 Å². The van der Waals surface area contributed by atoms with Gasteiger partial charge in [0.2, 0.25) is 5.91 Å². The molecule has 2 bridgehead atoms. The number of ketones is 1. The van der Waals surface area contributed by atoms with E-state index < -0.39 is 10.8 Å². The van der Waals surface area contributed by atoms with Gasteiger partial charge in [0, 0.05) is 11.8 Å². The Morgan fingerprint density at radius 1 is 1.45 bits per heavy atom. The Morgan fingerprint density at radius 3 is 2.55 bits per heavy atom. The Bertz CT molecular complexity index is 427. The maximum atomic E-state index is 12.3. The molecule has 2 atom stereocenters. The summed E-state index contributed by atoms with van der Waals surface area (Å²) in [6.45, 7) is 10.4. The van der Waals surface area contributed by atoms with Crippen LogP contribution in [-0.2, 0) is 14.4 Å². The minimum Gasteiger partial charge on any atom is -0.299 e. The van der Waals surface area contributed by atoms with Crippen LogP contribution in [0.15, 0.2) is 0 Å². The van der Waals surface area contributed by atoms with E-state index in [1.54, 1.807) is 0 Å². The van der Waals surface area contributed by atoms with Crippen molar-refractivity contribution >= 4 is 11.7 Å². The summed E-state index contributed by atoms with van der Waals surface area (Å²) < 4.78 is 0. The number of Topliss-reactive ketones (excluding diaryl/α,β-unsaturated/α-hetero) is 1. The van der Waals surface area contributed by atoms with Crippen LogP contribution in [0.1, 0.15) is 60.3 Å².